The number of nitrogens with one attached hydrogen (secondary N) is 2. The summed E-state index contributed by atoms with van der Waals surface area (Å²) in [6.45, 7) is 3.65. The second-order valence-corrected chi connectivity index (χ2v) is 7.23. The Morgan fingerprint density at radius 3 is 2.71 bits per heavy atom. The molecule has 1 aliphatic heterocycles. The maximum atomic E-state index is 12.4. The molecule has 0 aliphatic carbocycles. The highest BCUT2D eigenvalue weighted by molar-refractivity contribution is 5.92. The average Bonchev–Trinajstić information content (AvgIpc) is 3.10. The van der Waals surface area contributed by atoms with E-state index in [1.165, 1.54) is 0 Å². The van der Waals surface area contributed by atoms with Gasteiger partial charge in [-0.2, -0.15) is 0 Å². The van der Waals surface area contributed by atoms with E-state index < -0.39 is 6.04 Å². The molecule has 1 unspecified atom stereocenters. The van der Waals surface area contributed by atoms with Crippen LogP contribution in [0.3, 0.4) is 0 Å². The highest BCUT2D eigenvalue weighted by Gasteiger charge is 2.20. The van der Waals surface area contributed by atoms with Crippen molar-refractivity contribution >= 4 is 28.5 Å². The molecule has 0 spiro atoms. The van der Waals surface area contributed by atoms with Crippen LogP contribution in [-0.4, -0.2) is 48.3 Å². The molecule has 3 amide bonds. The van der Waals surface area contributed by atoms with Gasteiger partial charge < -0.3 is 15.5 Å². The summed E-state index contributed by atoms with van der Waals surface area (Å²) in [6, 6.07) is 13.2. The van der Waals surface area contributed by atoms with Gasteiger partial charge in [-0.05, 0) is 36.1 Å². The first-order valence-corrected chi connectivity index (χ1v) is 9.86. The molecule has 0 radical (unpaired) electrons. The number of carbonyl (C=O) groups excluding carboxylic acids is 3. The Morgan fingerprint density at radius 1 is 1.14 bits per heavy atom. The first-order valence-electron chi connectivity index (χ1n) is 9.86. The van der Waals surface area contributed by atoms with Gasteiger partial charge in [-0.25, -0.2) is 0 Å². The monoisotopic (exact) mass is 381 g/mol. The van der Waals surface area contributed by atoms with Gasteiger partial charge in [0.2, 0.25) is 17.7 Å². The molecule has 148 valence electrons. The number of nitrogens with zero attached hydrogens (tertiary/aromatic N) is 1. The Kier molecular flexibility index (Phi) is 6.63. The summed E-state index contributed by atoms with van der Waals surface area (Å²) < 4.78 is 0. The first kappa shape index (κ1) is 19.9. The van der Waals surface area contributed by atoms with E-state index in [4.69, 9.17) is 0 Å². The summed E-state index contributed by atoms with van der Waals surface area (Å²) in [5, 5.41) is 7.74. The van der Waals surface area contributed by atoms with Crippen LogP contribution in [0.2, 0.25) is 0 Å². The zero-order valence-electron chi connectivity index (χ0n) is 16.2. The Hall–Kier alpha value is -2.89. The largest absolute Gasteiger partial charge is 0.354 e. The molecule has 1 saturated heterocycles. The number of amides is 3. The predicted molar refractivity (Wildman–Crippen MR) is 109 cm³/mol. The Morgan fingerprint density at radius 2 is 1.93 bits per heavy atom. The number of carbonyl (C=O) groups is 3. The lowest BCUT2D eigenvalue weighted by Gasteiger charge is -2.17. The molecule has 1 fully saturated rings. The molecular weight excluding hydrogens is 354 g/mol. The average molecular weight is 381 g/mol. The zero-order chi connectivity index (χ0) is 19.9. The quantitative estimate of drug-likeness (QED) is 0.687. The fraction of sp³-hybridized carbons (Fsp3) is 0.409. The topological polar surface area (TPSA) is 78.5 Å². The third-order valence-electron chi connectivity index (χ3n) is 5.08. The molecule has 3 rings (SSSR count). The number of hydrogen-bond acceptors (Lipinski definition) is 3. The highest BCUT2D eigenvalue weighted by Crippen LogP contribution is 2.18. The van der Waals surface area contributed by atoms with Crippen molar-refractivity contribution in [1.29, 1.82) is 0 Å². The minimum Gasteiger partial charge on any atom is -0.354 e. The summed E-state index contributed by atoms with van der Waals surface area (Å²) in [6.07, 6.45) is 2.50. The number of rotatable bonds is 8. The molecule has 0 aromatic heterocycles. The summed E-state index contributed by atoms with van der Waals surface area (Å²) in [4.78, 5) is 38.0. The van der Waals surface area contributed by atoms with Gasteiger partial charge in [0.25, 0.3) is 0 Å². The smallest absolute Gasteiger partial charge is 0.242 e. The summed E-state index contributed by atoms with van der Waals surface area (Å²) >= 11 is 0. The van der Waals surface area contributed by atoms with E-state index in [0.29, 0.717) is 25.9 Å². The van der Waals surface area contributed by atoms with Gasteiger partial charge in [0.05, 0.1) is 6.42 Å². The van der Waals surface area contributed by atoms with Crippen molar-refractivity contribution in [2.45, 2.75) is 38.6 Å². The molecular formula is C22H27N3O3. The molecule has 0 bridgehead atoms. The molecule has 0 saturated carbocycles. The van der Waals surface area contributed by atoms with Crippen LogP contribution >= 0.6 is 0 Å². The highest BCUT2D eigenvalue weighted by atomic mass is 16.2. The van der Waals surface area contributed by atoms with Crippen molar-refractivity contribution < 1.29 is 14.4 Å². The van der Waals surface area contributed by atoms with Crippen LogP contribution in [0.15, 0.2) is 42.5 Å². The Labute approximate surface area is 165 Å². The standard InChI is InChI=1S/C22H27N3O3/c1-16(22(28)23-12-6-14-25-13-5-11-21(25)27)24-20(26)15-18-9-4-8-17-7-2-3-10-19(17)18/h2-4,7-10,16H,5-6,11-15H2,1H3,(H,23,28)(H,24,26). The zero-order valence-corrected chi connectivity index (χ0v) is 16.2. The van der Waals surface area contributed by atoms with Gasteiger partial charge in [0, 0.05) is 26.1 Å². The van der Waals surface area contributed by atoms with Crippen molar-refractivity contribution in [3.8, 4) is 0 Å². The molecule has 6 nitrogen and oxygen atoms in total. The normalized spacial score (nSPS) is 14.9. The molecule has 2 aromatic carbocycles. The fourth-order valence-corrected chi connectivity index (χ4v) is 3.55. The molecule has 1 heterocycles. The Balaban J connectivity index is 1.43. The fourth-order valence-electron chi connectivity index (χ4n) is 3.55. The third-order valence-corrected chi connectivity index (χ3v) is 5.08. The van der Waals surface area contributed by atoms with E-state index in [1.807, 2.05) is 47.4 Å². The lowest BCUT2D eigenvalue weighted by molar-refractivity contribution is -0.128. The molecule has 2 aromatic rings. The van der Waals surface area contributed by atoms with Crippen molar-refractivity contribution in [2.75, 3.05) is 19.6 Å². The molecule has 1 aliphatic rings. The van der Waals surface area contributed by atoms with Crippen molar-refractivity contribution in [3.63, 3.8) is 0 Å². The number of fused-ring (bicyclic) bond motifs is 1. The lowest BCUT2D eigenvalue weighted by atomic mass is 10.0. The van der Waals surface area contributed by atoms with Crippen LogP contribution in [0.25, 0.3) is 10.8 Å². The molecule has 28 heavy (non-hydrogen) atoms. The predicted octanol–water partition coefficient (Wildman–Crippen LogP) is 2.02. The van der Waals surface area contributed by atoms with Crippen molar-refractivity contribution in [2.24, 2.45) is 0 Å². The SMILES string of the molecule is CC(NC(=O)Cc1cccc2ccccc12)C(=O)NCCCN1CCCC1=O. The number of benzene rings is 2. The minimum absolute atomic E-state index is 0.179. The van der Waals surface area contributed by atoms with E-state index in [9.17, 15) is 14.4 Å². The maximum absolute atomic E-state index is 12.4. The van der Waals surface area contributed by atoms with Crippen LogP contribution in [0.4, 0.5) is 0 Å². The second kappa shape index (κ2) is 9.35. The molecule has 6 heteroatoms. The van der Waals surface area contributed by atoms with Crippen molar-refractivity contribution in [1.82, 2.24) is 15.5 Å². The summed E-state index contributed by atoms with van der Waals surface area (Å²) in [7, 11) is 0. The van der Waals surface area contributed by atoms with Gasteiger partial charge in [0.15, 0.2) is 0 Å². The number of likely N-dealkylation sites (tertiary alicyclic amines) is 1. The van der Waals surface area contributed by atoms with E-state index in [-0.39, 0.29) is 24.1 Å². The van der Waals surface area contributed by atoms with Crippen LogP contribution in [-0.2, 0) is 20.8 Å². The van der Waals surface area contributed by atoms with Crippen LogP contribution < -0.4 is 10.6 Å². The van der Waals surface area contributed by atoms with E-state index in [0.717, 1.165) is 29.3 Å². The number of hydrogen-bond donors (Lipinski definition) is 2. The molecule has 1 atom stereocenters. The van der Waals surface area contributed by atoms with Crippen LogP contribution in [0.1, 0.15) is 31.7 Å². The van der Waals surface area contributed by atoms with E-state index >= 15 is 0 Å². The molecule has 2 N–H and O–H groups in total. The van der Waals surface area contributed by atoms with Gasteiger partial charge in [0.1, 0.15) is 6.04 Å². The van der Waals surface area contributed by atoms with Crippen LogP contribution in [0, 0.1) is 0 Å². The van der Waals surface area contributed by atoms with Crippen molar-refractivity contribution in [3.05, 3.63) is 48.0 Å². The van der Waals surface area contributed by atoms with Crippen LogP contribution in [0.5, 0.6) is 0 Å². The Bertz CT molecular complexity index is 860. The van der Waals surface area contributed by atoms with Gasteiger partial charge in [-0.3, -0.25) is 14.4 Å². The minimum atomic E-state index is -0.601. The first-order chi connectivity index (χ1) is 13.5. The summed E-state index contributed by atoms with van der Waals surface area (Å²) in [5.41, 5.74) is 0.943. The maximum Gasteiger partial charge on any atom is 0.242 e. The third kappa shape index (κ3) is 5.09. The van der Waals surface area contributed by atoms with E-state index in [1.54, 1.807) is 6.92 Å². The second-order valence-electron chi connectivity index (χ2n) is 7.23. The van der Waals surface area contributed by atoms with Gasteiger partial charge >= 0.3 is 0 Å². The summed E-state index contributed by atoms with van der Waals surface area (Å²) in [5.74, 6) is -0.193. The van der Waals surface area contributed by atoms with Gasteiger partial charge in [-0.1, -0.05) is 42.5 Å². The lowest BCUT2D eigenvalue weighted by Crippen LogP contribution is -2.45. The van der Waals surface area contributed by atoms with Gasteiger partial charge in [-0.15, -0.1) is 0 Å². The van der Waals surface area contributed by atoms with E-state index in [2.05, 4.69) is 10.6 Å².